The third-order valence-electron chi connectivity index (χ3n) is 4.16. The zero-order chi connectivity index (χ0) is 18.8. The van der Waals surface area contributed by atoms with Gasteiger partial charge in [0.1, 0.15) is 5.75 Å². The van der Waals surface area contributed by atoms with Gasteiger partial charge in [-0.05, 0) is 55.0 Å². The molecule has 138 valence electrons. The predicted molar refractivity (Wildman–Crippen MR) is 109 cm³/mol. The average molecular weight is 409 g/mol. The van der Waals surface area contributed by atoms with Crippen LogP contribution in [0.25, 0.3) is 6.08 Å². The summed E-state index contributed by atoms with van der Waals surface area (Å²) < 4.78 is 0.917. The maximum atomic E-state index is 10.5. The molecule has 0 bridgehead atoms. The Morgan fingerprint density at radius 3 is 2.60 bits per heavy atom. The van der Waals surface area contributed by atoms with Crippen LogP contribution in [0.5, 0.6) is 5.75 Å². The zero-order valence-corrected chi connectivity index (χ0v) is 16.7. The van der Waals surface area contributed by atoms with Gasteiger partial charge >= 0.3 is 0 Å². The van der Waals surface area contributed by atoms with Gasteiger partial charge < -0.3 is 15.3 Å². The molecule has 0 aromatic heterocycles. The molecule has 3 nitrogen and oxygen atoms in total. The molecule has 0 aliphatic carbocycles. The molecule has 0 aliphatic rings. The molecule has 25 heavy (non-hydrogen) atoms. The number of hydrogen-bond acceptors (Lipinski definition) is 3. The van der Waals surface area contributed by atoms with E-state index in [1.165, 1.54) is 5.57 Å². The molecule has 1 aromatic carbocycles. The van der Waals surface area contributed by atoms with Crippen LogP contribution in [0.1, 0.15) is 51.5 Å². The Hall–Kier alpha value is -1.36. The number of halogens is 1. The third kappa shape index (κ3) is 7.18. The Morgan fingerprint density at radius 2 is 2.00 bits per heavy atom. The van der Waals surface area contributed by atoms with E-state index in [1.807, 2.05) is 19.1 Å². The second-order valence-electron chi connectivity index (χ2n) is 6.11. The normalized spacial score (nSPS) is 13.8. The van der Waals surface area contributed by atoms with E-state index in [4.69, 9.17) is 0 Å². The van der Waals surface area contributed by atoms with Crippen molar-refractivity contribution in [3.63, 3.8) is 0 Å². The minimum Gasteiger partial charge on any atom is -0.507 e. The quantitative estimate of drug-likeness (QED) is 0.456. The molecule has 0 saturated carbocycles. The summed E-state index contributed by atoms with van der Waals surface area (Å²) >= 11 is 3.43. The van der Waals surface area contributed by atoms with Crippen molar-refractivity contribution in [2.45, 2.75) is 52.1 Å². The average Bonchev–Trinajstić information content (AvgIpc) is 2.59. The molecule has 3 N–H and O–H groups in total. The summed E-state index contributed by atoms with van der Waals surface area (Å²) in [6.07, 6.45) is 6.93. The first-order valence-corrected chi connectivity index (χ1v) is 9.57. The monoisotopic (exact) mass is 408 g/mol. The van der Waals surface area contributed by atoms with Crippen molar-refractivity contribution in [1.29, 1.82) is 0 Å². The number of aliphatic hydroxyl groups excluding tert-OH is 2. The van der Waals surface area contributed by atoms with E-state index in [-0.39, 0.29) is 12.4 Å². The van der Waals surface area contributed by atoms with Gasteiger partial charge in [-0.2, -0.15) is 0 Å². The topological polar surface area (TPSA) is 60.7 Å². The lowest BCUT2D eigenvalue weighted by atomic mass is 9.93. The van der Waals surface area contributed by atoms with Crippen molar-refractivity contribution >= 4 is 22.0 Å². The summed E-state index contributed by atoms with van der Waals surface area (Å²) in [5.74, 6) is 0.248. The molecular weight excluding hydrogens is 380 g/mol. The van der Waals surface area contributed by atoms with E-state index in [0.717, 1.165) is 46.9 Å². The van der Waals surface area contributed by atoms with Gasteiger partial charge in [-0.15, -0.1) is 0 Å². The highest BCUT2D eigenvalue weighted by molar-refractivity contribution is 9.10. The fraction of sp³-hybridized carbons (Fsp3) is 0.429. The molecule has 0 amide bonds. The van der Waals surface area contributed by atoms with Gasteiger partial charge in [-0.3, -0.25) is 0 Å². The van der Waals surface area contributed by atoms with Crippen LogP contribution in [0.2, 0.25) is 0 Å². The summed E-state index contributed by atoms with van der Waals surface area (Å²) in [5, 5.41) is 29.7. The Balaban J connectivity index is 2.91. The molecule has 0 aliphatic heterocycles. The number of aliphatic hydroxyl groups is 2. The van der Waals surface area contributed by atoms with Crippen LogP contribution >= 0.6 is 15.9 Å². The summed E-state index contributed by atoms with van der Waals surface area (Å²) in [7, 11) is 0. The summed E-state index contributed by atoms with van der Waals surface area (Å²) in [6.45, 7) is 7.97. The second-order valence-corrected chi connectivity index (χ2v) is 7.03. The molecule has 1 unspecified atom stereocenters. The number of benzene rings is 1. The lowest BCUT2D eigenvalue weighted by molar-refractivity contribution is 0.200. The van der Waals surface area contributed by atoms with Gasteiger partial charge in [0, 0.05) is 10.0 Å². The Morgan fingerprint density at radius 1 is 1.28 bits per heavy atom. The molecule has 1 aromatic rings. The molecule has 0 saturated heterocycles. The SMILES string of the molecule is C=C(CC)/C(=C/CO)C(O)CC/C(=C/c1cc(Br)ccc1O)CCC. The molecule has 1 rings (SSSR count). The van der Waals surface area contributed by atoms with E-state index in [9.17, 15) is 15.3 Å². The van der Waals surface area contributed by atoms with Crippen LogP contribution in [0, 0.1) is 0 Å². The highest BCUT2D eigenvalue weighted by Crippen LogP contribution is 2.28. The lowest BCUT2D eigenvalue weighted by Crippen LogP contribution is -2.13. The van der Waals surface area contributed by atoms with Gasteiger partial charge in [0.05, 0.1) is 12.7 Å². The number of hydrogen-bond donors (Lipinski definition) is 3. The molecule has 0 radical (unpaired) electrons. The molecule has 1 atom stereocenters. The fourth-order valence-electron chi connectivity index (χ4n) is 2.75. The third-order valence-corrected chi connectivity index (χ3v) is 4.66. The van der Waals surface area contributed by atoms with Crippen LogP contribution in [0.15, 0.2) is 52.0 Å². The van der Waals surface area contributed by atoms with Crippen molar-refractivity contribution in [3.8, 4) is 5.75 Å². The number of phenolic OH excluding ortho intramolecular Hbond substituents is 1. The second kappa shape index (κ2) is 11.3. The number of aromatic hydroxyl groups is 1. The van der Waals surface area contributed by atoms with Gasteiger partial charge in [0.25, 0.3) is 0 Å². The highest BCUT2D eigenvalue weighted by atomic mass is 79.9. The smallest absolute Gasteiger partial charge is 0.122 e. The lowest BCUT2D eigenvalue weighted by Gasteiger charge is -2.18. The minimum atomic E-state index is -0.643. The minimum absolute atomic E-state index is 0.102. The molecule has 0 fully saturated rings. The van der Waals surface area contributed by atoms with Crippen molar-refractivity contribution in [3.05, 3.63) is 57.6 Å². The Bertz CT molecular complexity index is 632. The largest absolute Gasteiger partial charge is 0.507 e. The van der Waals surface area contributed by atoms with E-state index in [0.29, 0.717) is 6.42 Å². The first-order chi connectivity index (χ1) is 11.9. The first-order valence-electron chi connectivity index (χ1n) is 8.77. The van der Waals surface area contributed by atoms with Crippen molar-refractivity contribution in [1.82, 2.24) is 0 Å². The van der Waals surface area contributed by atoms with Gasteiger partial charge in [-0.1, -0.05) is 60.5 Å². The summed E-state index contributed by atoms with van der Waals surface area (Å²) in [5.41, 5.74) is 3.54. The van der Waals surface area contributed by atoms with Crippen molar-refractivity contribution < 1.29 is 15.3 Å². The first kappa shape index (κ1) is 21.7. The van der Waals surface area contributed by atoms with E-state index in [2.05, 4.69) is 29.4 Å². The Labute approximate surface area is 159 Å². The van der Waals surface area contributed by atoms with Crippen LogP contribution in [0.3, 0.4) is 0 Å². The van der Waals surface area contributed by atoms with E-state index < -0.39 is 6.10 Å². The van der Waals surface area contributed by atoms with Crippen LogP contribution in [-0.2, 0) is 0 Å². The maximum Gasteiger partial charge on any atom is 0.122 e. The van der Waals surface area contributed by atoms with Crippen LogP contribution < -0.4 is 0 Å². The number of phenols is 1. The molecular formula is C21H29BrO3. The number of allylic oxidation sites excluding steroid dienone is 1. The molecule has 4 heteroatoms. The predicted octanol–water partition coefficient (Wildman–Crippen LogP) is 5.36. The van der Waals surface area contributed by atoms with Crippen LogP contribution in [-0.4, -0.2) is 28.0 Å². The van der Waals surface area contributed by atoms with Crippen molar-refractivity contribution in [2.24, 2.45) is 0 Å². The van der Waals surface area contributed by atoms with Gasteiger partial charge in [0.15, 0.2) is 0 Å². The van der Waals surface area contributed by atoms with E-state index in [1.54, 1.807) is 18.2 Å². The molecule has 0 heterocycles. The standard InChI is InChI=1S/C21H29BrO3/c1-4-6-16(13-17-14-18(22)8-10-20(17)24)7-9-21(25)19(11-12-23)15(3)5-2/h8,10-11,13-14,21,23-25H,3-7,9,12H2,1-2H3/b16-13+,19-11-. The number of rotatable bonds is 10. The van der Waals surface area contributed by atoms with Crippen LogP contribution in [0.4, 0.5) is 0 Å². The summed E-state index contributed by atoms with van der Waals surface area (Å²) in [6, 6.07) is 5.36. The fourth-order valence-corrected chi connectivity index (χ4v) is 3.13. The highest BCUT2D eigenvalue weighted by Gasteiger charge is 2.14. The van der Waals surface area contributed by atoms with Gasteiger partial charge in [0.2, 0.25) is 0 Å². The van der Waals surface area contributed by atoms with Gasteiger partial charge in [-0.25, -0.2) is 0 Å². The van der Waals surface area contributed by atoms with E-state index >= 15 is 0 Å². The van der Waals surface area contributed by atoms with Crippen molar-refractivity contribution in [2.75, 3.05) is 6.61 Å². The summed E-state index contributed by atoms with van der Waals surface area (Å²) in [4.78, 5) is 0. The Kier molecular flexibility index (Phi) is 9.79. The zero-order valence-electron chi connectivity index (χ0n) is 15.1. The maximum absolute atomic E-state index is 10.5. The molecule has 0 spiro atoms.